The van der Waals surface area contributed by atoms with Crippen molar-refractivity contribution < 1.29 is 26.3 Å². The van der Waals surface area contributed by atoms with Crippen LogP contribution in [0.1, 0.15) is 53.5 Å². The lowest BCUT2D eigenvalue weighted by atomic mass is 10.0. The number of rotatable bonds is 9. The van der Waals surface area contributed by atoms with E-state index in [1.165, 1.54) is 11.1 Å². The van der Waals surface area contributed by atoms with Gasteiger partial charge in [0, 0.05) is 24.0 Å². The van der Waals surface area contributed by atoms with E-state index in [0.717, 1.165) is 43.9 Å². The summed E-state index contributed by atoms with van der Waals surface area (Å²) in [6.45, 7) is 10.6. The molecule has 39 heavy (non-hydrogen) atoms. The Morgan fingerprint density at radius 3 is 2.13 bits per heavy atom. The molecule has 0 amide bonds. The first-order valence-corrected chi connectivity index (χ1v) is 13.0. The summed E-state index contributed by atoms with van der Waals surface area (Å²) >= 11 is 0. The zero-order valence-electron chi connectivity index (χ0n) is 21.4. The Labute approximate surface area is 223 Å². The molecule has 5 rings (SSSR count). The molecule has 0 unspecified atom stereocenters. The lowest BCUT2D eigenvalue weighted by Gasteiger charge is -2.27. The number of anilines is 1. The zero-order valence-corrected chi connectivity index (χ0v) is 21.4. The molecule has 2 saturated carbocycles. The summed E-state index contributed by atoms with van der Waals surface area (Å²) in [6.07, 6.45) is -4.86. The van der Waals surface area contributed by atoms with Crippen LogP contribution in [0, 0.1) is 25.3 Å². The molecular formula is C29H28F6N4. The Bertz CT molecular complexity index is 1390. The van der Waals surface area contributed by atoms with Gasteiger partial charge in [0.05, 0.1) is 16.6 Å². The quantitative estimate of drug-likeness (QED) is 0.154. The van der Waals surface area contributed by atoms with E-state index in [9.17, 15) is 26.3 Å². The summed E-state index contributed by atoms with van der Waals surface area (Å²) in [6, 6.07) is 9.27. The largest absolute Gasteiger partial charge is 0.418 e. The van der Waals surface area contributed by atoms with Crippen molar-refractivity contribution in [3.05, 3.63) is 81.8 Å². The van der Waals surface area contributed by atoms with Gasteiger partial charge in [0.25, 0.3) is 0 Å². The predicted molar refractivity (Wildman–Crippen MR) is 136 cm³/mol. The highest BCUT2D eigenvalue weighted by Crippen LogP contribution is 2.40. The summed E-state index contributed by atoms with van der Waals surface area (Å²) in [5, 5.41) is 1.61. The molecule has 2 fully saturated rings. The first-order chi connectivity index (χ1) is 18.4. The van der Waals surface area contributed by atoms with Crippen molar-refractivity contribution in [2.45, 2.75) is 58.0 Å². The minimum Gasteiger partial charge on any atom is -0.356 e. The second-order valence-corrected chi connectivity index (χ2v) is 10.8. The molecule has 0 radical (unpaired) electrons. The first-order valence-electron chi connectivity index (χ1n) is 13.0. The van der Waals surface area contributed by atoms with Gasteiger partial charge in [0.15, 0.2) is 0 Å². The summed E-state index contributed by atoms with van der Waals surface area (Å²) in [5.74, 6) is 1.33. The third kappa shape index (κ3) is 6.57. The minimum atomic E-state index is -4.58. The highest BCUT2D eigenvalue weighted by Gasteiger charge is 2.36. The van der Waals surface area contributed by atoms with Crippen LogP contribution in [-0.4, -0.2) is 23.1 Å². The van der Waals surface area contributed by atoms with Crippen LogP contribution >= 0.6 is 0 Å². The highest BCUT2D eigenvalue weighted by molar-refractivity contribution is 5.85. The van der Waals surface area contributed by atoms with Crippen molar-refractivity contribution in [1.82, 2.24) is 9.99 Å². The normalized spacial score (nSPS) is 15.8. The number of benzene rings is 2. The predicted octanol–water partition coefficient (Wildman–Crippen LogP) is 8.04. The van der Waals surface area contributed by atoms with Crippen molar-refractivity contribution in [1.29, 1.82) is 0 Å². The number of para-hydroxylation sites is 1. The average molecular weight is 547 g/mol. The van der Waals surface area contributed by atoms with Crippen molar-refractivity contribution in [2.75, 3.05) is 18.0 Å². The van der Waals surface area contributed by atoms with Crippen LogP contribution in [0.2, 0.25) is 0 Å². The molecule has 0 aliphatic heterocycles. The molecule has 206 valence electrons. The SMILES string of the molecule is [C-]#[N+]N(Cc1cc(C)cc(C(F)(F)F)c1)Cc1cc2cccc(C(F)(F)F)c2nc1N(CC1CC1)CC1CC1. The molecule has 0 saturated heterocycles. The number of aryl methyl sites for hydroxylation is 1. The topological polar surface area (TPSA) is 23.7 Å². The molecule has 0 N–H and O–H groups in total. The summed E-state index contributed by atoms with van der Waals surface area (Å²) in [4.78, 5) is 10.2. The molecule has 2 aliphatic rings. The second-order valence-electron chi connectivity index (χ2n) is 10.8. The van der Waals surface area contributed by atoms with Gasteiger partial charge in [-0.2, -0.15) is 37.9 Å². The standard InChI is InChI=1S/C29H28F6N4/c1-18-10-21(12-24(11-18)28(30,31)32)16-39(36-2)17-23-13-22-4-3-5-25(29(33,34)35)26(22)37-27(23)38(14-19-6-7-19)15-20-8-9-20/h3-5,10-13,19-20H,6-9,14-17H2,1H3. The van der Waals surface area contributed by atoms with E-state index in [0.29, 0.717) is 52.8 Å². The fourth-order valence-corrected chi connectivity index (χ4v) is 4.97. The Kier molecular flexibility index (Phi) is 7.12. The lowest BCUT2D eigenvalue weighted by Crippen LogP contribution is -2.31. The number of halogens is 6. The number of alkyl halides is 6. The lowest BCUT2D eigenvalue weighted by molar-refractivity contribution is -0.138. The van der Waals surface area contributed by atoms with Gasteiger partial charge in [-0.25, -0.2) is 4.98 Å². The number of hydrogen-bond acceptors (Lipinski definition) is 3. The number of fused-ring (bicyclic) bond motifs is 1. The molecule has 0 spiro atoms. The Balaban J connectivity index is 1.54. The van der Waals surface area contributed by atoms with Crippen molar-refractivity contribution in [2.24, 2.45) is 11.8 Å². The molecule has 1 aromatic heterocycles. The molecule has 1 heterocycles. The van der Waals surface area contributed by atoms with Crippen LogP contribution in [0.15, 0.2) is 42.5 Å². The molecular weight excluding hydrogens is 518 g/mol. The van der Waals surface area contributed by atoms with E-state index >= 15 is 0 Å². The van der Waals surface area contributed by atoms with Crippen LogP contribution in [-0.2, 0) is 25.4 Å². The molecule has 4 nitrogen and oxygen atoms in total. The van der Waals surface area contributed by atoms with Crippen LogP contribution in [0.3, 0.4) is 0 Å². The van der Waals surface area contributed by atoms with Gasteiger partial charge in [-0.05, 0) is 74.3 Å². The molecule has 2 aromatic carbocycles. The third-order valence-electron chi connectivity index (χ3n) is 7.18. The molecule has 10 heteroatoms. The molecule has 0 atom stereocenters. The van der Waals surface area contributed by atoms with Gasteiger partial charge in [-0.15, -0.1) is 5.01 Å². The number of pyridine rings is 1. The maximum atomic E-state index is 13.9. The molecule has 2 aliphatic carbocycles. The van der Waals surface area contributed by atoms with E-state index in [4.69, 9.17) is 6.57 Å². The Hall–Kier alpha value is -3.48. The van der Waals surface area contributed by atoms with Crippen LogP contribution in [0.5, 0.6) is 0 Å². The Morgan fingerprint density at radius 2 is 1.56 bits per heavy atom. The fourth-order valence-electron chi connectivity index (χ4n) is 4.97. The van der Waals surface area contributed by atoms with Gasteiger partial charge in [0.1, 0.15) is 18.9 Å². The fraction of sp³-hybridized carbons (Fsp3) is 0.448. The summed E-state index contributed by atoms with van der Waals surface area (Å²) in [5.41, 5.74) is -0.383. The van der Waals surface area contributed by atoms with E-state index < -0.39 is 23.5 Å². The smallest absolute Gasteiger partial charge is 0.356 e. The highest BCUT2D eigenvalue weighted by atomic mass is 19.4. The minimum absolute atomic E-state index is 0.0130. The van der Waals surface area contributed by atoms with E-state index in [2.05, 4.69) is 14.8 Å². The Morgan fingerprint density at radius 1 is 0.897 bits per heavy atom. The first kappa shape index (κ1) is 27.1. The monoisotopic (exact) mass is 546 g/mol. The van der Waals surface area contributed by atoms with E-state index in [1.54, 1.807) is 25.1 Å². The van der Waals surface area contributed by atoms with Crippen molar-refractivity contribution >= 4 is 16.7 Å². The van der Waals surface area contributed by atoms with Gasteiger partial charge in [0.2, 0.25) is 0 Å². The van der Waals surface area contributed by atoms with Crippen molar-refractivity contribution in [3.63, 3.8) is 0 Å². The van der Waals surface area contributed by atoms with Crippen LogP contribution in [0.4, 0.5) is 32.2 Å². The van der Waals surface area contributed by atoms with Gasteiger partial charge in [-0.3, -0.25) is 0 Å². The zero-order chi connectivity index (χ0) is 27.9. The number of hydrogen-bond donors (Lipinski definition) is 0. The van der Waals surface area contributed by atoms with Gasteiger partial charge in [-0.1, -0.05) is 23.8 Å². The second kappa shape index (κ2) is 10.2. The number of aromatic nitrogens is 1. The van der Waals surface area contributed by atoms with E-state index in [-0.39, 0.29) is 18.6 Å². The summed E-state index contributed by atoms with van der Waals surface area (Å²) in [7, 11) is 0. The molecule has 3 aromatic rings. The molecule has 0 bridgehead atoms. The maximum absolute atomic E-state index is 13.9. The average Bonchev–Trinajstić information content (AvgIpc) is 3.78. The maximum Gasteiger partial charge on any atom is 0.418 e. The summed E-state index contributed by atoms with van der Waals surface area (Å²) < 4.78 is 81.7. The van der Waals surface area contributed by atoms with Gasteiger partial charge >= 0.3 is 12.4 Å². The van der Waals surface area contributed by atoms with Crippen LogP contribution in [0.25, 0.3) is 15.9 Å². The van der Waals surface area contributed by atoms with Crippen LogP contribution < -0.4 is 4.90 Å². The number of nitrogens with zero attached hydrogens (tertiary/aromatic N) is 4. The van der Waals surface area contributed by atoms with Gasteiger partial charge < -0.3 is 4.90 Å². The van der Waals surface area contributed by atoms with E-state index in [1.807, 2.05) is 0 Å². The van der Waals surface area contributed by atoms with Crippen molar-refractivity contribution in [3.8, 4) is 0 Å². The third-order valence-corrected chi connectivity index (χ3v) is 7.18.